The highest BCUT2D eigenvalue weighted by atomic mass is 16.5. The molecule has 0 saturated heterocycles. The fraction of sp³-hybridized carbons (Fsp3) is 0.250. The second kappa shape index (κ2) is 10.9. The van der Waals surface area contributed by atoms with Crippen LogP contribution in [0.2, 0.25) is 0 Å². The third kappa shape index (κ3) is 6.37. The van der Waals surface area contributed by atoms with Crippen LogP contribution in [-0.2, 0) is 13.1 Å². The lowest BCUT2D eigenvalue weighted by atomic mass is 10.2. The Hall–Kier alpha value is -3.74. The fourth-order valence-corrected chi connectivity index (χ4v) is 3.08. The number of aliphatic imine (C=N–C) groups is 1. The third-order valence-electron chi connectivity index (χ3n) is 4.63. The van der Waals surface area contributed by atoms with Gasteiger partial charge in [0.25, 0.3) is 5.91 Å². The van der Waals surface area contributed by atoms with Gasteiger partial charge < -0.3 is 24.7 Å². The van der Waals surface area contributed by atoms with E-state index in [0.717, 1.165) is 23.8 Å². The Morgan fingerprint density at radius 2 is 1.77 bits per heavy atom. The van der Waals surface area contributed by atoms with Crippen molar-refractivity contribution >= 4 is 17.6 Å². The maximum Gasteiger partial charge on any atom is 0.291 e. The van der Waals surface area contributed by atoms with E-state index in [1.807, 2.05) is 50.4 Å². The Labute approximate surface area is 182 Å². The number of rotatable bonds is 8. The molecule has 3 aromatic rings. The molecule has 0 bridgehead atoms. The molecule has 7 heteroatoms. The Bertz CT molecular complexity index is 981. The summed E-state index contributed by atoms with van der Waals surface area (Å²) in [5, 5.41) is 6.18. The highest BCUT2D eigenvalue weighted by Crippen LogP contribution is 2.14. The molecule has 1 amide bonds. The number of guanidine groups is 1. The molecule has 3 rings (SSSR count). The highest BCUT2D eigenvalue weighted by Gasteiger charge is 2.09. The van der Waals surface area contributed by atoms with Gasteiger partial charge in [-0.25, -0.2) is 0 Å². The number of benzene rings is 2. The third-order valence-corrected chi connectivity index (χ3v) is 4.63. The van der Waals surface area contributed by atoms with Crippen LogP contribution in [0.1, 0.15) is 28.6 Å². The van der Waals surface area contributed by atoms with Crippen LogP contribution < -0.4 is 15.4 Å². The highest BCUT2D eigenvalue weighted by molar-refractivity contribution is 6.02. The number of nitrogens with one attached hydrogen (secondary N) is 2. The monoisotopic (exact) mass is 420 g/mol. The minimum atomic E-state index is -0.271. The maximum atomic E-state index is 12.0. The number of nitrogens with zero attached hydrogens (tertiary/aromatic N) is 2. The van der Waals surface area contributed by atoms with E-state index in [9.17, 15) is 4.79 Å². The first-order chi connectivity index (χ1) is 15.1. The van der Waals surface area contributed by atoms with Gasteiger partial charge in [0.1, 0.15) is 5.75 Å². The molecular weight excluding hydrogens is 392 g/mol. The molecule has 0 atom stereocenters. The second-order valence-electron chi connectivity index (χ2n) is 6.96. The molecule has 0 unspecified atom stereocenters. The minimum Gasteiger partial charge on any atom is -0.494 e. The van der Waals surface area contributed by atoms with Gasteiger partial charge in [-0.3, -0.25) is 9.79 Å². The molecule has 1 heterocycles. The Morgan fingerprint density at radius 1 is 1.06 bits per heavy atom. The van der Waals surface area contributed by atoms with E-state index in [1.165, 1.54) is 11.8 Å². The van der Waals surface area contributed by atoms with Gasteiger partial charge in [-0.05, 0) is 54.4 Å². The van der Waals surface area contributed by atoms with Gasteiger partial charge in [0, 0.05) is 32.9 Å². The zero-order valence-electron chi connectivity index (χ0n) is 18.1. The van der Waals surface area contributed by atoms with Gasteiger partial charge in [-0.1, -0.05) is 24.3 Å². The summed E-state index contributed by atoms with van der Waals surface area (Å²) >= 11 is 0. The van der Waals surface area contributed by atoms with E-state index < -0.39 is 0 Å². The lowest BCUT2D eigenvalue weighted by molar-refractivity contribution is 0.0996. The number of furan rings is 1. The Morgan fingerprint density at radius 3 is 2.39 bits per heavy atom. The summed E-state index contributed by atoms with van der Waals surface area (Å²) in [5.41, 5.74) is 2.96. The molecule has 0 aliphatic heterocycles. The smallest absolute Gasteiger partial charge is 0.291 e. The Kier molecular flexibility index (Phi) is 7.70. The van der Waals surface area contributed by atoms with Crippen LogP contribution in [0.15, 0.2) is 76.3 Å². The van der Waals surface area contributed by atoms with Crippen LogP contribution in [0.3, 0.4) is 0 Å². The van der Waals surface area contributed by atoms with Crippen molar-refractivity contribution < 1.29 is 13.9 Å². The minimum absolute atomic E-state index is 0.271. The van der Waals surface area contributed by atoms with Crippen molar-refractivity contribution in [2.24, 2.45) is 4.99 Å². The molecule has 7 nitrogen and oxygen atoms in total. The van der Waals surface area contributed by atoms with Crippen molar-refractivity contribution in [3.63, 3.8) is 0 Å². The summed E-state index contributed by atoms with van der Waals surface area (Å²) in [5.74, 6) is 1.68. The number of hydrogen-bond acceptors (Lipinski definition) is 4. The number of carbonyl (C=O) groups is 1. The Balaban J connectivity index is 1.50. The molecule has 2 N–H and O–H groups in total. The van der Waals surface area contributed by atoms with Crippen LogP contribution in [0, 0.1) is 0 Å². The lowest BCUT2D eigenvalue weighted by Crippen LogP contribution is -2.38. The normalized spacial score (nSPS) is 11.1. The van der Waals surface area contributed by atoms with Gasteiger partial charge in [-0.15, -0.1) is 0 Å². The van der Waals surface area contributed by atoms with Crippen molar-refractivity contribution in [3.05, 3.63) is 83.8 Å². The van der Waals surface area contributed by atoms with Crippen molar-refractivity contribution in [3.8, 4) is 5.75 Å². The molecule has 31 heavy (non-hydrogen) atoms. The molecule has 1 aromatic heterocycles. The van der Waals surface area contributed by atoms with E-state index in [-0.39, 0.29) is 11.7 Å². The molecule has 0 radical (unpaired) electrons. The molecule has 0 aliphatic rings. The van der Waals surface area contributed by atoms with E-state index in [2.05, 4.69) is 32.7 Å². The summed E-state index contributed by atoms with van der Waals surface area (Å²) < 4.78 is 10.6. The summed E-state index contributed by atoms with van der Waals surface area (Å²) in [4.78, 5) is 18.5. The molecule has 0 fully saturated rings. The number of ether oxygens (including phenoxy) is 1. The van der Waals surface area contributed by atoms with Gasteiger partial charge in [0.15, 0.2) is 11.7 Å². The van der Waals surface area contributed by atoms with Crippen molar-refractivity contribution in [2.45, 2.75) is 20.0 Å². The molecule has 2 aromatic carbocycles. The van der Waals surface area contributed by atoms with Gasteiger partial charge in [0.2, 0.25) is 0 Å². The summed E-state index contributed by atoms with van der Waals surface area (Å²) in [6, 6.07) is 19.1. The predicted molar refractivity (Wildman–Crippen MR) is 122 cm³/mol. The zero-order chi connectivity index (χ0) is 22.1. The molecule has 0 aliphatic carbocycles. The summed E-state index contributed by atoms with van der Waals surface area (Å²) in [7, 11) is 3.77. The number of amides is 1. The number of anilines is 1. The molecular formula is C24H28N4O3. The van der Waals surface area contributed by atoms with Crippen LogP contribution in [0.25, 0.3) is 0 Å². The van der Waals surface area contributed by atoms with E-state index in [4.69, 9.17) is 9.15 Å². The van der Waals surface area contributed by atoms with Crippen LogP contribution >= 0.6 is 0 Å². The quantitative estimate of drug-likeness (QED) is 0.423. The summed E-state index contributed by atoms with van der Waals surface area (Å²) in [6.07, 6.45) is 1.48. The van der Waals surface area contributed by atoms with Gasteiger partial charge in [-0.2, -0.15) is 0 Å². The maximum absolute atomic E-state index is 12.0. The number of carbonyl (C=O) groups excluding carboxylic acids is 1. The van der Waals surface area contributed by atoms with E-state index >= 15 is 0 Å². The van der Waals surface area contributed by atoms with Crippen LogP contribution in [0.5, 0.6) is 5.75 Å². The first-order valence-corrected chi connectivity index (χ1v) is 10.2. The van der Waals surface area contributed by atoms with Crippen molar-refractivity contribution in [1.29, 1.82) is 0 Å². The first kappa shape index (κ1) is 22.0. The standard InChI is InChI=1S/C24H28N4O3/c1-4-30-21-13-9-19(10-14-21)17-28(3)24(25-2)26-16-18-7-11-20(12-8-18)27-23(29)22-6-5-15-31-22/h5-15H,4,16-17H2,1-3H3,(H,25,26)(H,27,29). The van der Waals surface area contributed by atoms with Crippen LogP contribution in [-0.4, -0.2) is 37.5 Å². The summed E-state index contributed by atoms with van der Waals surface area (Å²) in [6.45, 7) is 3.98. The van der Waals surface area contributed by atoms with E-state index in [1.54, 1.807) is 19.2 Å². The lowest BCUT2D eigenvalue weighted by Gasteiger charge is -2.22. The van der Waals surface area contributed by atoms with Crippen molar-refractivity contribution in [2.75, 3.05) is 26.0 Å². The number of hydrogen-bond donors (Lipinski definition) is 2. The molecule has 162 valence electrons. The second-order valence-corrected chi connectivity index (χ2v) is 6.96. The average molecular weight is 421 g/mol. The largest absolute Gasteiger partial charge is 0.494 e. The SMILES string of the molecule is CCOc1ccc(CN(C)C(=NC)NCc2ccc(NC(=O)c3ccco3)cc2)cc1. The molecule has 0 spiro atoms. The van der Waals surface area contributed by atoms with E-state index in [0.29, 0.717) is 18.8 Å². The first-order valence-electron chi connectivity index (χ1n) is 10.2. The topological polar surface area (TPSA) is 79.1 Å². The van der Waals surface area contributed by atoms with Gasteiger partial charge >= 0.3 is 0 Å². The zero-order valence-corrected chi connectivity index (χ0v) is 18.1. The molecule has 0 saturated carbocycles. The van der Waals surface area contributed by atoms with Crippen molar-refractivity contribution in [1.82, 2.24) is 10.2 Å². The average Bonchev–Trinajstić information content (AvgIpc) is 3.32. The predicted octanol–water partition coefficient (Wildman–Crippen LogP) is 4.14. The fourth-order valence-electron chi connectivity index (χ4n) is 3.08. The van der Waals surface area contributed by atoms with Gasteiger partial charge in [0.05, 0.1) is 12.9 Å². The van der Waals surface area contributed by atoms with Crippen LogP contribution in [0.4, 0.5) is 5.69 Å².